The van der Waals surface area contributed by atoms with Crippen molar-refractivity contribution in [1.29, 1.82) is 5.26 Å². The largest absolute Gasteiger partial charge is 0.325 e. The van der Waals surface area contributed by atoms with Crippen LogP contribution < -0.4 is 5.32 Å². The van der Waals surface area contributed by atoms with Crippen LogP contribution in [0.2, 0.25) is 0 Å². The number of nitriles is 1. The van der Waals surface area contributed by atoms with Gasteiger partial charge in [0.2, 0.25) is 5.91 Å². The smallest absolute Gasteiger partial charge is 0.225 e. The van der Waals surface area contributed by atoms with Gasteiger partial charge in [0.15, 0.2) is 0 Å². The number of carbonyl (C=O) groups excluding carboxylic acids is 1. The lowest BCUT2D eigenvalue weighted by Gasteiger charge is -2.19. The Bertz CT molecular complexity index is 448. The summed E-state index contributed by atoms with van der Waals surface area (Å²) < 4.78 is 0. The van der Waals surface area contributed by atoms with Crippen molar-refractivity contribution in [2.45, 2.75) is 31.8 Å². The van der Waals surface area contributed by atoms with E-state index in [4.69, 9.17) is 5.26 Å². The predicted molar refractivity (Wildman–Crippen MR) is 73.1 cm³/mol. The van der Waals surface area contributed by atoms with E-state index in [1.165, 1.54) is 12.8 Å². The third kappa shape index (κ3) is 4.72. The molecule has 1 fully saturated rings. The lowest BCUT2D eigenvalue weighted by atomic mass is 10.2. The molecule has 1 saturated carbocycles. The number of nitrogens with zero attached hydrogens (tertiary/aromatic N) is 2. The number of hydrogen-bond donors (Lipinski definition) is 1. The van der Waals surface area contributed by atoms with Gasteiger partial charge < -0.3 is 10.2 Å². The SMILES string of the molecule is N#CCN(Cc1ccccc1)C(=O)CCNC1CC1. The molecule has 0 unspecified atom stereocenters. The van der Waals surface area contributed by atoms with Gasteiger partial charge in [0, 0.05) is 25.6 Å². The zero-order valence-electron chi connectivity index (χ0n) is 11.0. The first-order valence-electron chi connectivity index (χ1n) is 6.71. The predicted octanol–water partition coefficient (Wildman–Crippen LogP) is 1.68. The van der Waals surface area contributed by atoms with Crippen LogP contribution in [0.3, 0.4) is 0 Å². The fraction of sp³-hybridized carbons (Fsp3) is 0.467. The van der Waals surface area contributed by atoms with Crippen molar-refractivity contribution in [3.63, 3.8) is 0 Å². The standard InChI is InChI=1S/C15H19N3O/c16-9-11-18(12-13-4-2-1-3-5-13)15(19)8-10-17-14-6-7-14/h1-5,14,17H,6-8,10-12H2. The summed E-state index contributed by atoms with van der Waals surface area (Å²) in [5, 5.41) is 12.1. The molecule has 0 aromatic heterocycles. The summed E-state index contributed by atoms with van der Waals surface area (Å²) in [6.07, 6.45) is 2.91. The van der Waals surface area contributed by atoms with Crippen molar-refractivity contribution in [2.75, 3.05) is 13.1 Å². The highest BCUT2D eigenvalue weighted by atomic mass is 16.2. The van der Waals surface area contributed by atoms with Gasteiger partial charge in [-0.05, 0) is 18.4 Å². The zero-order chi connectivity index (χ0) is 13.5. The van der Waals surface area contributed by atoms with Crippen molar-refractivity contribution in [3.05, 3.63) is 35.9 Å². The molecule has 1 aliphatic carbocycles. The second kappa shape index (κ2) is 6.91. The van der Waals surface area contributed by atoms with Crippen LogP contribution in [0, 0.1) is 11.3 Å². The number of rotatable bonds is 7. The van der Waals surface area contributed by atoms with Gasteiger partial charge in [0.1, 0.15) is 6.54 Å². The van der Waals surface area contributed by atoms with E-state index in [0.29, 0.717) is 25.6 Å². The van der Waals surface area contributed by atoms with Crippen molar-refractivity contribution in [1.82, 2.24) is 10.2 Å². The Kier molecular flexibility index (Phi) is 4.93. The monoisotopic (exact) mass is 257 g/mol. The lowest BCUT2D eigenvalue weighted by molar-refractivity contribution is -0.131. The highest BCUT2D eigenvalue weighted by Gasteiger charge is 2.21. The molecule has 4 heteroatoms. The molecule has 0 spiro atoms. The average molecular weight is 257 g/mol. The third-order valence-corrected chi connectivity index (χ3v) is 3.18. The minimum absolute atomic E-state index is 0.0403. The molecule has 0 heterocycles. The van der Waals surface area contributed by atoms with Gasteiger partial charge in [0.05, 0.1) is 6.07 Å². The molecule has 0 aliphatic heterocycles. The Morgan fingerprint density at radius 2 is 2.11 bits per heavy atom. The molecule has 1 aromatic rings. The molecule has 0 atom stereocenters. The molecule has 1 amide bonds. The maximum absolute atomic E-state index is 12.1. The van der Waals surface area contributed by atoms with Crippen molar-refractivity contribution >= 4 is 5.91 Å². The highest BCUT2D eigenvalue weighted by Crippen LogP contribution is 2.18. The van der Waals surface area contributed by atoms with Gasteiger partial charge in [0.25, 0.3) is 0 Å². The Labute approximate surface area is 114 Å². The van der Waals surface area contributed by atoms with E-state index >= 15 is 0 Å². The summed E-state index contributed by atoms with van der Waals surface area (Å²) in [5.74, 6) is 0.0403. The number of hydrogen-bond acceptors (Lipinski definition) is 3. The van der Waals surface area contributed by atoms with Crippen molar-refractivity contribution < 1.29 is 4.79 Å². The fourth-order valence-electron chi connectivity index (χ4n) is 1.95. The molecule has 4 nitrogen and oxygen atoms in total. The summed E-state index contributed by atoms with van der Waals surface area (Å²) in [7, 11) is 0. The molecule has 2 rings (SSSR count). The van der Waals surface area contributed by atoms with Crippen LogP contribution in [0.5, 0.6) is 0 Å². The van der Waals surface area contributed by atoms with Crippen LogP contribution in [0.4, 0.5) is 0 Å². The molecule has 1 aliphatic rings. The first kappa shape index (κ1) is 13.6. The van der Waals surface area contributed by atoms with Crippen LogP contribution in [0.15, 0.2) is 30.3 Å². The molecule has 100 valence electrons. The summed E-state index contributed by atoms with van der Waals surface area (Å²) in [4.78, 5) is 13.7. The van der Waals surface area contributed by atoms with Crippen LogP contribution in [0.1, 0.15) is 24.8 Å². The number of amides is 1. The van der Waals surface area contributed by atoms with Crippen molar-refractivity contribution in [3.8, 4) is 6.07 Å². The Morgan fingerprint density at radius 3 is 2.74 bits per heavy atom. The minimum atomic E-state index is 0.0403. The average Bonchev–Trinajstić information content (AvgIpc) is 3.23. The molecule has 1 aromatic carbocycles. The minimum Gasteiger partial charge on any atom is -0.325 e. The molecule has 0 radical (unpaired) electrons. The van der Waals surface area contributed by atoms with Gasteiger partial charge in [-0.25, -0.2) is 0 Å². The van der Waals surface area contributed by atoms with E-state index in [9.17, 15) is 4.79 Å². The molecule has 0 saturated heterocycles. The lowest BCUT2D eigenvalue weighted by Crippen LogP contribution is -2.33. The summed E-state index contributed by atoms with van der Waals surface area (Å²) in [6, 6.07) is 12.5. The number of benzene rings is 1. The van der Waals surface area contributed by atoms with E-state index in [1.807, 2.05) is 30.3 Å². The quantitative estimate of drug-likeness (QED) is 0.756. The topological polar surface area (TPSA) is 56.1 Å². The maximum Gasteiger partial charge on any atom is 0.225 e. The number of carbonyl (C=O) groups is 1. The van der Waals surface area contributed by atoms with E-state index < -0.39 is 0 Å². The Balaban J connectivity index is 1.83. The highest BCUT2D eigenvalue weighted by molar-refractivity contribution is 5.76. The molecule has 0 bridgehead atoms. The summed E-state index contributed by atoms with van der Waals surface area (Å²) in [5.41, 5.74) is 1.06. The van der Waals surface area contributed by atoms with E-state index in [1.54, 1.807) is 4.90 Å². The van der Waals surface area contributed by atoms with Gasteiger partial charge in [-0.1, -0.05) is 30.3 Å². The molecule has 1 N–H and O–H groups in total. The maximum atomic E-state index is 12.1. The molecular formula is C15H19N3O. The van der Waals surface area contributed by atoms with Gasteiger partial charge in [-0.2, -0.15) is 5.26 Å². The van der Waals surface area contributed by atoms with Gasteiger partial charge >= 0.3 is 0 Å². The molecule has 19 heavy (non-hydrogen) atoms. The number of nitrogens with one attached hydrogen (secondary N) is 1. The van der Waals surface area contributed by atoms with Gasteiger partial charge in [-0.15, -0.1) is 0 Å². The first-order chi connectivity index (χ1) is 9.29. The van der Waals surface area contributed by atoms with Crippen LogP contribution >= 0.6 is 0 Å². The summed E-state index contributed by atoms with van der Waals surface area (Å²) >= 11 is 0. The summed E-state index contributed by atoms with van der Waals surface area (Å²) in [6.45, 7) is 1.37. The Morgan fingerprint density at radius 1 is 1.37 bits per heavy atom. The second-order valence-electron chi connectivity index (χ2n) is 4.87. The van der Waals surface area contributed by atoms with E-state index in [2.05, 4.69) is 11.4 Å². The zero-order valence-corrected chi connectivity index (χ0v) is 11.0. The van der Waals surface area contributed by atoms with Gasteiger partial charge in [-0.3, -0.25) is 4.79 Å². The van der Waals surface area contributed by atoms with Crippen LogP contribution in [-0.4, -0.2) is 29.9 Å². The van der Waals surface area contributed by atoms with E-state index in [0.717, 1.165) is 5.56 Å². The third-order valence-electron chi connectivity index (χ3n) is 3.18. The van der Waals surface area contributed by atoms with Crippen molar-refractivity contribution in [2.24, 2.45) is 0 Å². The normalized spacial score (nSPS) is 13.8. The Hall–Kier alpha value is -1.86. The second-order valence-corrected chi connectivity index (χ2v) is 4.87. The fourth-order valence-corrected chi connectivity index (χ4v) is 1.95. The first-order valence-corrected chi connectivity index (χ1v) is 6.71. The van der Waals surface area contributed by atoms with Crippen LogP contribution in [0.25, 0.3) is 0 Å². The molecular weight excluding hydrogens is 238 g/mol. The van der Waals surface area contributed by atoms with Crippen LogP contribution in [-0.2, 0) is 11.3 Å². The van der Waals surface area contributed by atoms with E-state index in [-0.39, 0.29) is 12.5 Å².